The number of aliphatic hydroxyl groups is 1. The van der Waals surface area contributed by atoms with E-state index in [4.69, 9.17) is 9.47 Å². The van der Waals surface area contributed by atoms with Gasteiger partial charge in [0.15, 0.2) is 13.9 Å². The molecule has 3 N–H and O–H groups in total. The third-order valence-electron chi connectivity index (χ3n) is 7.89. The number of methoxy groups -OCH3 is 1. The third kappa shape index (κ3) is 4.37. The quantitative estimate of drug-likeness (QED) is 0.389. The van der Waals surface area contributed by atoms with Crippen LogP contribution in [0.5, 0.6) is 5.75 Å². The number of carbonyl (C=O) groups is 1. The van der Waals surface area contributed by atoms with Crippen molar-refractivity contribution in [3.05, 3.63) is 71.5 Å². The van der Waals surface area contributed by atoms with Crippen LogP contribution in [0.2, 0.25) is 18.6 Å². The van der Waals surface area contributed by atoms with E-state index < -0.39 is 13.9 Å². The number of aryl methyl sites for hydroxylation is 1. The summed E-state index contributed by atoms with van der Waals surface area (Å²) in [6.07, 6.45) is 2.05. The molecule has 0 saturated carbocycles. The van der Waals surface area contributed by atoms with Gasteiger partial charge in [-0.1, -0.05) is 42.5 Å². The summed E-state index contributed by atoms with van der Waals surface area (Å²) in [6, 6.07) is 15.2. The Morgan fingerprint density at radius 3 is 2.68 bits per heavy atom. The second kappa shape index (κ2) is 9.68. The van der Waals surface area contributed by atoms with E-state index in [9.17, 15) is 14.7 Å². The number of nitrogens with zero attached hydrogens (tertiary/aromatic N) is 3. The van der Waals surface area contributed by atoms with Gasteiger partial charge in [-0.05, 0) is 43.3 Å². The van der Waals surface area contributed by atoms with Gasteiger partial charge >= 0.3 is 0 Å². The minimum atomic E-state index is -2.73. The summed E-state index contributed by atoms with van der Waals surface area (Å²) >= 11 is 0. The lowest BCUT2D eigenvalue weighted by atomic mass is 9.82. The Hall–Kier alpha value is -3.05. The molecule has 1 spiro atoms. The van der Waals surface area contributed by atoms with Crippen molar-refractivity contribution >= 4 is 19.9 Å². The van der Waals surface area contributed by atoms with Gasteiger partial charge in [0.25, 0.3) is 5.91 Å². The van der Waals surface area contributed by atoms with Gasteiger partial charge in [0.05, 0.1) is 31.4 Å². The van der Waals surface area contributed by atoms with Crippen LogP contribution in [0.25, 0.3) is 0 Å². The van der Waals surface area contributed by atoms with E-state index in [1.807, 2.05) is 74.7 Å². The van der Waals surface area contributed by atoms with Crippen LogP contribution in [-0.2, 0) is 21.7 Å². The van der Waals surface area contributed by atoms with Crippen molar-refractivity contribution in [2.45, 2.75) is 56.1 Å². The first-order valence-corrected chi connectivity index (χ1v) is 15.7. The molecule has 9 nitrogen and oxygen atoms in total. The Morgan fingerprint density at radius 2 is 2.00 bits per heavy atom. The number of aromatic nitrogens is 3. The molecule has 3 aromatic rings. The maximum atomic E-state index is 13.4. The van der Waals surface area contributed by atoms with E-state index in [-0.39, 0.29) is 36.0 Å². The number of ether oxygens (including phenoxy) is 2. The molecule has 1 amide bonds. The molecule has 5 rings (SSSR count). The van der Waals surface area contributed by atoms with Crippen LogP contribution in [-0.4, -0.2) is 58.9 Å². The minimum absolute atomic E-state index is 0.0706. The van der Waals surface area contributed by atoms with Crippen molar-refractivity contribution in [3.63, 3.8) is 0 Å². The molecule has 2 aliphatic heterocycles. The summed E-state index contributed by atoms with van der Waals surface area (Å²) in [7, 11) is -1.14. The largest absolute Gasteiger partial charge is 0.497 e. The predicted octanol–water partition coefficient (Wildman–Crippen LogP) is 3.25. The fourth-order valence-corrected chi connectivity index (χ4v) is 8.77. The summed E-state index contributed by atoms with van der Waals surface area (Å²) < 4.78 is 13.8. The highest BCUT2D eigenvalue weighted by atomic mass is 28.4. The lowest BCUT2D eigenvalue weighted by Gasteiger charge is -2.32. The van der Waals surface area contributed by atoms with Crippen LogP contribution >= 0.6 is 0 Å². The summed E-state index contributed by atoms with van der Waals surface area (Å²) in [5.41, 5.74) is 1.78. The number of fused-ring (bicyclic) bond motifs is 2. The Bertz CT molecular complexity index is 1280. The SMILES string of the molecule is COc1ccc2c(c1)[C@@]1(O[C@H](CCn3cc(C(CO)c4ccccc4)nn3)[C@@H]([Si](C)(C)O)[C@@H]1C)C(=O)N2. The van der Waals surface area contributed by atoms with Crippen molar-refractivity contribution in [3.8, 4) is 5.75 Å². The minimum Gasteiger partial charge on any atom is -0.497 e. The van der Waals surface area contributed by atoms with E-state index in [0.717, 1.165) is 11.1 Å². The van der Waals surface area contributed by atoms with E-state index in [0.29, 0.717) is 30.1 Å². The fraction of sp³-hybridized carbons (Fsp3) is 0.444. The second-order valence-electron chi connectivity index (χ2n) is 10.6. The van der Waals surface area contributed by atoms with Crippen LogP contribution < -0.4 is 10.1 Å². The molecule has 0 radical (unpaired) electrons. The monoisotopic (exact) mass is 522 g/mol. The normalized spacial score (nSPS) is 25.8. The number of hydrogen-bond acceptors (Lipinski definition) is 7. The lowest BCUT2D eigenvalue weighted by Crippen LogP contribution is -2.43. The molecule has 1 aromatic heterocycles. The number of carbonyl (C=O) groups excluding carboxylic acids is 1. The molecule has 5 atom stereocenters. The van der Waals surface area contributed by atoms with Crippen LogP contribution in [0.15, 0.2) is 54.7 Å². The number of amides is 1. The molecule has 2 aromatic carbocycles. The fourth-order valence-electron chi connectivity index (χ4n) is 6.17. The molecule has 1 saturated heterocycles. The summed E-state index contributed by atoms with van der Waals surface area (Å²) in [4.78, 5) is 24.7. The van der Waals surface area contributed by atoms with Crippen molar-refractivity contribution in [2.24, 2.45) is 5.92 Å². The van der Waals surface area contributed by atoms with E-state index in [2.05, 4.69) is 15.6 Å². The smallest absolute Gasteiger partial charge is 0.261 e. The van der Waals surface area contributed by atoms with Gasteiger partial charge in [0.1, 0.15) is 5.75 Å². The summed E-state index contributed by atoms with van der Waals surface area (Å²) in [5, 5.41) is 21.6. The van der Waals surface area contributed by atoms with E-state index in [1.54, 1.807) is 11.8 Å². The first kappa shape index (κ1) is 25.6. The molecule has 0 aliphatic carbocycles. The zero-order valence-corrected chi connectivity index (χ0v) is 22.6. The number of anilines is 1. The topological polar surface area (TPSA) is 119 Å². The second-order valence-corrected chi connectivity index (χ2v) is 14.5. The standard InChI is InChI=1S/C27H34N4O5Si/c1-17-25(37(3,4)34)24(36-27(17)21-14-19(35-2)10-11-22(21)28-26(27)33)12-13-31-15-23(29-30-31)20(16-32)18-8-6-5-7-9-18/h5-11,14-15,17,20,24-25,32,34H,12-13,16H2,1-4H3,(H,28,33)/t17-,20?,24+,25-,27+/m0/s1. The molecule has 2 aliphatic rings. The van der Waals surface area contributed by atoms with Gasteiger partial charge in [-0.25, -0.2) is 0 Å². The molecule has 1 unspecified atom stereocenters. The summed E-state index contributed by atoms with van der Waals surface area (Å²) in [6.45, 7) is 6.24. The zero-order valence-electron chi connectivity index (χ0n) is 21.6. The Labute approximate surface area is 217 Å². The molecule has 10 heteroatoms. The van der Waals surface area contributed by atoms with Crippen molar-refractivity contribution in [1.82, 2.24) is 15.0 Å². The van der Waals surface area contributed by atoms with Gasteiger partial charge in [-0.15, -0.1) is 5.10 Å². The first-order chi connectivity index (χ1) is 17.7. The van der Waals surface area contributed by atoms with Gasteiger partial charge in [-0.3, -0.25) is 9.48 Å². The van der Waals surface area contributed by atoms with Crippen molar-refractivity contribution in [2.75, 3.05) is 19.0 Å². The highest BCUT2D eigenvalue weighted by Crippen LogP contribution is 2.58. The molecule has 0 bridgehead atoms. The number of benzene rings is 2. The van der Waals surface area contributed by atoms with E-state index >= 15 is 0 Å². The Kier molecular flexibility index (Phi) is 6.69. The Balaban J connectivity index is 1.40. The average molecular weight is 523 g/mol. The third-order valence-corrected chi connectivity index (χ3v) is 10.4. The highest BCUT2D eigenvalue weighted by molar-refractivity contribution is 6.71. The van der Waals surface area contributed by atoms with Gasteiger partial charge < -0.3 is 24.7 Å². The van der Waals surface area contributed by atoms with Gasteiger partial charge in [-0.2, -0.15) is 0 Å². The number of hydrogen-bond donors (Lipinski definition) is 3. The predicted molar refractivity (Wildman–Crippen MR) is 141 cm³/mol. The molecule has 37 heavy (non-hydrogen) atoms. The van der Waals surface area contributed by atoms with Crippen LogP contribution in [0, 0.1) is 5.92 Å². The Morgan fingerprint density at radius 1 is 1.24 bits per heavy atom. The zero-order chi connectivity index (χ0) is 26.4. The summed E-state index contributed by atoms with van der Waals surface area (Å²) in [5.74, 6) is -0.0459. The number of rotatable bonds is 8. The van der Waals surface area contributed by atoms with Crippen molar-refractivity contribution < 1.29 is 24.2 Å². The van der Waals surface area contributed by atoms with Crippen LogP contribution in [0.4, 0.5) is 5.69 Å². The molecular weight excluding hydrogens is 488 g/mol. The molecule has 196 valence electrons. The highest BCUT2D eigenvalue weighted by Gasteiger charge is 2.64. The van der Waals surface area contributed by atoms with E-state index in [1.165, 1.54) is 0 Å². The molecule has 3 heterocycles. The van der Waals surface area contributed by atoms with Crippen LogP contribution in [0.3, 0.4) is 0 Å². The maximum absolute atomic E-state index is 13.4. The maximum Gasteiger partial charge on any atom is 0.261 e. The van der Waals surface area contributed by atoms with Gasteiger partial charge in [0, 0.05) is 35.5 Å². The molecule has 1 fully saturated rings. The lowest BCUT2D eigenvalue weighted by molar-refractivity contribution is -0.143. The molecular formula is C27H34N4O5Si. The van der Waals surface area contributed by atoms with Crippen LogP contribution in [0.1, 0.15) is 36.1 Å². The van der Waals surface area contributed by atoms with Gasteiger partial charge in [0.2, 0.25) is 0 Å². The number of nitrogens with one attached hydrogen (secondary N) is 1. The number of aliphatic hydroxyl groups excluding tert-OH is 1. The first-order valence-electron chi connectivity index (χ1n) is 12.6. The van der Waals surface area contributed by atoms with Crippen molar-refractivity contribution in [1.29, 1.82) is 0 Å². The average Bonchev–Trinajstić information content (AvgIpc) is 3.54.